The lowest BCUT2D eigenvalue weighted by atomic mass is 10.0. The van der Waals surface area contributed by atoms with E-state index >= 15 is 0 Å². The second kappa shape index (κ2) is 10.1. The SMILES string of the molecule is N=CSC(N)=Nc1cccc(-c2cnc3cc(-c4cccc(C(=O)N5CCOCC5)c4)ccn23)c1. The van der Waals surface area contributed by atoms with E-state index in [2.05, 4.69) is 9.98 Å². The first-order chi connectivity index (χ1) is 17.1. The number of rotatable bonds is 5. The Balaban J connectivity index is 1.43. The van der Waals surface area contributed by atoms with Gasteiger partial charge in [-0.1, -0.05) is 24.3 Å². The van der Waals surface area contributed by atoms with Crippen LogP contribution in [0.4, 0.5) is 5.69 Å². The average molecular weight is 485 g/mol. The first-order valence-corrected chi connectivity index (χ1v) is 12.0. The Labute approximate surface area is 207 Å². The van der Waals surface area contributed by atoms with Crippen LogP contribution in [0, 0.1) is 5.41 Å². The van der Waals surface area contributed by atoms with Crippen molar-refractivity contribution < 1.29 is 9.53 Å². The number of carbonyl (C=O) groups excluding carboxylic acids is 1. The first-order valence-electron chi connectivity index (χ1n) is 11.2. The molecule has 0 saturated carbocycles. The molecule has 5 rings (SSSR count). The molecule has 8 nitrogen and oxygen atoms in total. The lowest BCUT2D eigenvalue weighted by molar-refractivity contribution is 0.0303. The maximum Gasteiger partial charge on any atom is 0.254 e. The van der Waals surface area contributed by atoms with Crippen molar-refractivity contribution in [1.29, 1.82) is 5.41 Å². The zero-order valence-corrected chi connectivity index (χ0v) is 19.7. The molecule has 0 radical (unpaired) electrons. The van der Waals surface area contributed by atoms with Crippen LogP contribution in [0.3, 0.4) is 0 Å². The highest BCUT2D eigenvalue weighted by molar-refractivity contribution is 8.24. The maximum absolute atomic E-state index is 12.9. The zero-order chi connectivity index (χ0) is 24.2. The van der Waals surface area contributed by atoms with Gasteiger partial charge in [-0.25, -0.2) is 9.98 Å². The van der Waals surface area contributed by atoms with Crippen molar-refractivity contribution in [3.63, 3.8) is 0 Å². The van der Waals surface area contributed by atoms with Crippen LogP contribution in [0.2, 0.25) is 0 Å². The fourth-order valence-electron chi connectivity index (χ4n) is 4.10. The summed E-state index contributed by atoms with van der Waals surface area (Å²) in [4.78, 5) is 23.7. The van der Waals surface area contributed by atoms with E-state index in [-0.39, 0.29) is 5.91 Å². The monoisotopic (exact) mass is 484 g/mol. The standard InChI is InChI=1S/C26H24N6O2S/c27-17-35-26(28)30-22-6-2-4-20(14-22)23-16-29-24-15-19(7-8-32(23)24)18-3-1-5-21(13-18)25(33)31-9-11-34-12-10-31/h1-8,13-17,27H,9-12H2,(H2,28,30). The predicted octanol–water partition coefficient (Wildman–Crippen LogP) is 4.43. The van der Waals surface area contributed by atoms with E-state index in [1.54, 1.807) is 0 Å². The number of hydrogen-bond acceptors (Lipinski definition) is 6. The van der Waals surface area contributed by atoms with Crippen LogP contribution >= 0.6 is 11.8 Å². The fourth-order valence-corrected chi connectivity index (χ4v) is 4.38. The highest BCUT2D eigenvalue weighted by Gasteiger charge is 2.19. The molecular weight excluding hydrogens is 460 g/mol. The maximum atomic E-state index is 12.9. The molecule has 1 amide bonds. The molecule has 35 heavy (non-hydrogen) atoms. The van der Waals surface area contributed by atoms with Crippen LogP contribution in [0.15, 0.2) is 78.0 Å². The minimum absolute atomic E-state index is 0.0292. The summed E-state index contributed by atoms with van der Waals surface area (Å²) in [6.45, 7) is 2.39. The third-order valence-electron chi connectivity index (χ3n) is 5.82. The van der Waals surface area contributed by atoms with Crippen LogP contribution in [0.1, 0.15) is 10.4 Å². The number of amidine groups is 1. The van der Waals surface area contributed by atoms with Gasteiger partial charge in [0.1, 0.15) is 5.65 Å². The summed E-state index contributed by atoms with van der Waals surface area (Å²) in [6, 6.07) is 19.5. The first kappa shape index (κ1) is 22.8. The van der Waals surface area contributed by atoms with E-state index in [1.807, 2.05) is 82.4 Å². The number of amides is 1. The topological polar surface area (TPSA) is 109 Å². The largest absolute Gasteiger partial charge is 0.378 e. The van der Waals surface area contributed by atoms with Crippen LogP contribution in [0.5, 0.6) is 0 Å². The highest BCUT2D eigenvalue weighted by Crippen LogP contribution is 2.28. The van der Waals surface area contributed by atoms with Gasteiger partial charge in [-0.2, -0.15) is 0 Å². The Hall–Kier alpha value is -3.95. The van der Waals surface area contributed by atoms with E-state index in [4.69, 9.17) is 15.9 Å². The number of nitrogens with one attached hydrogen (secondary N) is 1. The summed E-state index contributed by atoms with van der Waals surface area (Å²) in [5.74, 6) is 0.0292. The van der Waals surface area contributed by atoms with Crippen LogP contribution in [-0.2, 0) is 4.74 Å². The second-order valence-corrected chi connectivity index (χ2v) is 8.90. The van der Waals surface area contributed by atoms with Crippen molar-refractivity contribution in [3.05, 3.63) is 78.6 Å². The predicted molar refractivity (Wildman–Crippen MR) is 140 cm³/mol. The number of nitrogens with two attached hydrogens (primary N) is 1. The number of hydrogen-bond donors (Lipinski definition) is 2. The summed E-state index contributed by atoms with van der Waals surface area (Å²) in [5, 5.41) is 7.46. The molecule has 0 bridgehead atoms. The normalized spacial score (nSPS) is 14.3. The molecule has 4 aromatic rings. The Morgan fingerprint density at radius 1 is 1.06 bits per heavy atom. The fraction of sp³-hybridized carbons (Fsp3) is 0.154. The third-order valence-corrected chi connectivity index (χ3v) is 6.27. The summed E-state index contributed by atoms with van der Waals surface area (Å²) in [7, 11) is 0. The number of carbonyl (C=O) groups is 1. The zero-order valence-electron chi connectivity index (χ0n) is 18.9. The summed E-state index contributed by atoms with van der Waals surface area (Å²) in [6.07, 6.45) is 3.81. The van der Waals surface area contributed by atoms with Crippen molar-refractivity contribution in [3.8, 4) is 22.4 Å². The molecule has 1 fully saturated rings. The molecule has 1 aliphatic rings. The highest BCUT2D eigenvalue weighted by atomic mass is 32.2. The molecule has 0 spiro atoms. The van der Waals surface area contributed by atoms with Gasteiger partial charge in [-0.15, -0.1) is 0 Å². The second-order valence-electron chi connectivity index (χ2n) is 8.01. The number of fused-ring (bicyclic) bond motifs is 1. The number of ether oxygens (including phenoxy) is 1. The summed E-state index contributed by atoms with van der Waals surface area (Å²) >= 11 is 1.06. The quantitative estimate of drug-likeness (QED) is 0.322. The molecule has 3 heterocycles. The Kier molecular flexibility index (Phi) is 6.60. The number of nitrogens with zero attached hydrogens (tertiary/aromatic N) is 4. The third kappa shape index (κ3) is 4.96. The number of thioether (sulfide) groups is 1. The smallest absolute Gasteiger partial charge is 0.254 e. The number of aromatic nitrogens is 2. The number of aliphatic imine (C=N–C) groups is 1. The molecule has 9 heteroatoms. The van der Waals surface area contributed by atoms with Gasteiger partial charge < -0.3 is 20.8 Å². The van der Waals surface area contributed by atoms with Gasteiger partial charge in [-0.3, -0.25) is 9.20 Å². The molecule has 176 valence electrons. The molecule has 1 aliphatic heterocycles. The van der Waals surface area contributed by atoms with Crippen molar-refractivity contribution in [2.24, 2.45) is 10.7 Å². The molecule has 0 atom stereocenters. The molecule has 2 aromatic carbocycles. The minimum atomic E-state index is 0.0292. The average Bonchev–Trinajstić information content (AvgIpc) is 3.32. The number of pyridine rings is 1. The summed E-state index contributed by atoms with van der Waals surface area (Å²) in [5.41, 5.74) is 13.0. The molecule has 3 N–H and O–H groups in total. The Bertz CT molecular complexity index is 1420. The van der Waals surface area contributed by atoms with Gasteiger partial charge in [0.2, 0.25) is 0 Å². The van der Waals surface area contributed by atoms with Gasteiger partial charge in [-0.05, 0) is 59.3 Å². The van der Waals surface area contributed by atoms with Crippen molar-refractivity contribution >= 4 is 39.7 Å². The molecule has 0 unspecified atom stereocenters. The molecule has 1 saturated heterocycles. The van der Waals surface area contributed by atoms with Crippen LogP contribution < -0.4 is 5.73 Å². The molecular formula is C26H24N6O2S. The van der Waals surface area contributed by atoms with Crippen molar-refractivity contribution in [1.82, 2.24) is 14.3 Å². The van der Waals surface area contributed by atoms with Gasteiger partial charge in [0, 0.05) is 30.4 Å². The van der Waals surface area contributed by atoms with Gasteiger partial charge >= 0.3 is 0 Å². The summed E-state index contributed by atoms with van der Waals surface area (Å²) < 4.78 is 7.38. The number of benzene rings is 2. The minimum Gasteiger partial charge on any atom is -0.378 e. The van der Waals surface area contributed by atoms with Gasteiger partial charge in [0.15, 0.2) is 5.17 Å². The van der Waals surface area contributed by atoms with Crippen LogP contribution in [0.25, 0.3) is 28.0 Å². The van der Waals surface area contributed by atoms with E-state index in [0.717, 1.165) is 45.3 Å². The lowest BCUT2D eigenvalue weighted by Crippen LogP contribution is -2.40. The molecule has 0 aliphatic carbocycles. The van der Waals surface area contributed by atoms with Crippen molar-refractivity contribution in [2.75, 3.05) is 26.3 Å². The van der Waals surface area contributed by atoms with E-state index in [1.165, 1.54) is 0 Å². The number of imidazole rings is 1. The number of morpholine rings is 1. The van der Waals surface area contributed by atoms with E-state index in [9.17, 15) is 4.79 Å². The Morgan fingerprint density at radius 2 is 1.83 bits per heavy atom. The van der Waals surface area contributed by atoms with Crippen LogP contribution in [-0.4, -0.2) is 57.2 Å². The van der Waals surface area contributed by atoms with Crippen molar-refractivity contribution in [2.45, 2.75) is 0 Å². The van der Waals surface area contributed by atoms with Gasteiger partial charge in [0.25, 0.3) is 5.91 Å². The van der Waals surface area contributed by atoms with Gasteiger partial charge in [0.05, 0.1) is 36.3 Å². The van der Waals surface area contributed by atoms with E-state index < -0.39 is 0 Å². The Morgan fingerprint density at radius 3 is 2.66 bits per heavy atom. The lowest BCUT2D eigenvalue weighted by Gasteiger charge is -2.27. The van der Waals surface area contributed by atoms with E-state index in [0.29, 0.717) is 42.7 Å². The molecule has 2 aromatic heterocycles.